The van der Waals surface area contributed by atoms with Crippen molar-refractivity contribution in [3.05, 3.63) is 35.4 Å². The molecule has 5 heteroatoms. The summed E-state index contributed by atoms with van der Waals surface area (Å²) in [5.41, 5.74) is 1.70. The van der Waals surface area contributed by atoms with Gasteiger partial charge in [0.2, 0.25) is 5.91 Å². The fraction of sp³-hybridized carbons (Fsp3) is 0.529. The molecule has 1 unspecified atom stereocenters. The number of nitrogens with one attached hydrogen (secondary N) is 2. The van der Waals surface area contributed by atoms with Crippen LogP contribution in [0, 0.1) is 5.92 Å². The average molecular weight is 303 g/mol. The summed E-state index contributed by atoms with van der Waals surface area (Å²) >= 11 is 0. The molecule has 0 aromatic heterocycles. The van der Waals surface area contributed by atoms with Crippen LogP contribution in [-0.4, -0.2) is 42.9 Å². The van der Waals surface area contributed by atoms with Gasteiger partial charge in [0.05, 0.1) is 5.92 Å². The molecule has 1 aromatic carbocycles. The highest BCUT2D eigenvalue weighted by atomic mass is 16.2. The van der Waals surface area contributed by atoms with Gasteiger partial charge in [-0.05, 0) is 44.5 Å². The smallest absolute Gasteiger partial charge is 0.253 e. The van der Waals surface area contributed by atoms with Crippen molar-refractivity contribution in [3.63, 3.8) is 0 Å². The first-order valence-corrected chi connectivity index (χ1v) is 8.02. The zero-order valence-corrected chi connectivity index (χ0v) is 13.4. The standard InChI is InChI=1S/C17H25N3O2/c1-3-20(4-2)17(22)14-7-5-13(6-8-14)11-19-16(21)15-9-10-18-12-15/h5-8,15,18H,3-4,9-12H2,1-2H3,(H,19,21). The van der Waals surface area contributed by atoms with Crippen molar-refractivity contribution >= 4 is 11.8 Å². The van der Waals surface area contributed by atoms with Gasteiger partial charge in [-0.25, -0.2) is 0 Å². The molecule has 1 aromatic rings. The van der Waals surface area contributed by atoms with E-state index in [2.05, 4.69) is 10.6 Å². The van der Waals surface area contributed by atoms with Gasteiger partial charge in [-0.15, -0.1) is 0 Å². The number of carbonyl (C=O) groups is 2. The SMILES string of the molecule is CCN(CC)C(=O)c1ccc(CNC(=O)C2CCNC2)cc1. The maximum atomic E-state index is 12.2. The summed E-state index contributed by atoms with van der Waals surface area (Å²) in [5.74, 6) is 0.245. The van der Waals surface area contributed by atoms with Gasteiger partial charge in [0.15, 0.2) is 0 Å². The van der Waals surface area contributed by atoms with Crippen LogP contribution in [0.1, 0.15) is 36.2 Å². The molecule has 22 heavy (non-hydrogen) atoms. The predicted molar refractivity (Wildman–Crippen MR) is 86.5 cm³/mol. The Morgan fingerprint density at radius 2 is 1.91 bits per heavy atom. The van der Waals surface area contributed by atoms with Gasteiger partial charge in [0.25, 0.3) is 5.91 Å². The van der Waals surface area contributed by atoms with Crippen LogP contribution in [0.4, 0.5) is 0 Å². The van der Waals surface area contributed by atoms with Crippen molar-refractivity contribution in [1.82, 2.24) is 15.5 Å². The second kappa shape index (κ2) is 7.94. The zero-order chi connectivity index (χ0) is 15.9. The largest absolute Gasteiger partial charge is 0.352 e. The molecule has 5 nitrogen and oxygen atoms in total. The van der Waals surface area contributed by atoms with Crippen molar-refractivity contribution < 1.29 is 9.59 Å². The van der Waals surface area contributed by atoms with Crippen LogP contribution in [0.2, 0.25) is 0 Å². The summed E-state index contributed by atoms with van der Waals surface area (Å²) in [5, 5.41) is 6.15. The molecule has 1 fully saturated rings. The lowest BCUT2D eigenvalue weighted by molar-refractivity contribution is -0.124. The summed E-state index contributed by atoms with van der Waals surface area (Å²) in [6.07, 6.45) is 0.906. The molecule has 0 bridgehead atoms. The first-order chi connectivity index (χ1) is 10.7. The van der Waals surface area contributed by atoms with Gasteiger partial charge in [-0.3, -0.25) is 9.59 Å². The van der Waals surface area contributed by atoms with Gasteiger partial charge in [-0.1, -0.05) is 12.1 Å². The van der Waals surface area contributed by atoms with E-state index in [4.69, 9.17) is 0 Å². The Morgan fingerprint density at radius 1 is 1.23 bits per heavy atom. The van der Waals surface area contributed by atoms with E-state index < -0.39 is 0 Å². The van der Waals surface area contributed by atoms with E-state index in [0.717, 1.165) is 25.1 Å². The molecule has 1 atom stereocenters. The lowest BCUT2D eigenvalue weighted by Crippen LogP contribution is -2.31. The van der Waals surface area contributed by atoms with E-state index in [-0.39, 0.29) is 17.7 Å². The number of amides is 2. The van der Waals surface area contributed by atoms with Gasteiger partial charge >= 0.3 is 0 Å². The topological polar surface area (TPSA) is 61.4 Å². The molecular weight excluding hydrogens is 278 g/mol. The Bertz CT molecular complexity index is 503. The summed E-state index contributed by atoms with van der Waals surface area (Å²) < 4.78 is 0. The lowest BCUT2D eigenvalue weighted by Gasteiger charge is -2.18. The fourth-order valence-corrected chi connectivity index (χ4v) is 2.67. The van der Waals surface area contributed by atoms with Crippen LogP contribution in [-0.2, 0) is 11.3 Å². The third-order valence-corrected chi connectivity index (χ3v) is 4.15. The minimum absolute atomic E-state index is 0.0533. The molecule has 2 amide bonds. The van der Waals surface area contributed by atoms with E-state index in [1.54, 1.807) is 4.90 Å². The maximum Gasteiger partial charge on any atom is 0.253 e. The van der Waals surface area contributed by atoms with Crippen LogP contribution in [0.5, 0.6) is 0 Å². The van der Waals surface area contributed by atoms with E-state index in [1.165, 1.54) is 0 Å². The molecule has 2 rings (SSSR count). The number of rotatable bonds is 6. The zero-order valence-electron chi connectivity index (χ0n) is 13.4. The molecule has 0 saturated carbocycles. The molecule has 0 spiro atoms. The molecule has 2 N–H and O–H groups in total. The molecule has 0 aliphatic carbocycles. The summed E-state index contributed by atoms with van der Waals surface area (Å²) in [4.78, 5) is 26.0. The number of nitrogens with zero attached hydrogens (tertiary/aromatic N) is 1. The number of carbonyl (C=O) groups excluding carboxylic acids is 2. The van der Waals surface area contributed by atoms with Crippen LogP contribution >= 0.6 is 0 Å². The molecule has 1 heterocycles. The van der Waals surface area contributed by atoms with Crippen molar-refractivity contribution in [2.45, 2.75) is 26.8 Å². The minimum atomic E-state index is 0.0533. The van der Waals surface area contributed by atoms with Gasteiger partial charge in [0.1, 0.15) is 0 Å². The highest BCUT2D eigenvalue weighted by Crippen LogP contribution is 2.10. The average Bonchev–Trinajstić information content (AvgIpc) is 3.08. The van der Waals surface area contributed by atoms with Crippen molar-refractivity contribution in [3.8, 4) is 0 Å². The molecule has 1 aliphatic rings. The predicted octanol–water partition coefficient (Wildman–Crippen LogP) is 1.39. The van der Waals surface area contributed by atoms with E-state index in [1.807, 2.05) is 38.1 Å². The Kier molecular flexibility index (Phi) is 5.95. The molecular formula is C17H25N3O2. The normalized spacial score (nSPS) is 17.3. The van der Waals surface area contributed by atoms with E-state index in [9.17, 15) is 9.59 Å². The maximum absolute atomic E-state index is 12.2. The van der Waals surface area contributed by atoms with Gasteiger partial charge < -0.3 is 15.5 Å². The number of hydrogen-bond donors (Lipinski definition) is 2. The van der Waals surface area contributed by atoms with Crippen LogP contribution in [0.3, 0.4) is 0 Å². The second-order valence-electron chi connectivity index (χ2n) is 5.58. The fourth-order valence-electron chi connectivity index (χ4n) is 2.67. The monoisotopic (exact) mass is 303 g/mol. The van der Waals surface area contributed by atoms with Crippen molar-refractivity contribution in [2.75, 3.05) is 26.2 Å². The Labute approximate surface area is 132 Å². The molecule has 1 aliphatic heterocycles. The van der Waals surface area contributed by atoms with Gasteiger partial charge in [-0.2, -0.15) is 0 Å². The quantitative estimate of drug-likeness (QED) is 0.835. The summed E-state index contributed by atoms with van der Waals surface area (Å²) in [6.45, 7) is 7.57. The first kappa shape index (κ1) is 16.5. The highest BCUT2D eigenvalue weighted by Gasteiger charge is 2.21. The Balaban J connectivity index is 1.88. The highest BCUT2D eigenvalue weighted by molar-refractivity contribution is 5.94. The first-order valence-electron chi connectivity index (χ1n) is 8.02. The molecule has 1 saturated heterocycles. The van der Waals surface area contributed by atoms with E-state index >= 15 is 0 Å². The van der Waals surface area contributed by atoms with Crippen LogP contribution < -0.4 is 10.6 Å². The van der Waals surface area contributed by atoms with Crippen molar-refractivity contribution in [1.29, 1.82) is 0 Å². The number of hydrogen-bond acceptors (Lipinski definition) is 3. The van der Waals surface area contributed by atoms with Crippen LogP contribution in [0.25, 0.3) is 0 Å². The van der Waals surface area contributed by atoms with Crippen LogP contribution in [0.15, 0.2) is 24.3 Å². The third-order valence-electron chi connectivity index (χ3n) is 4.15. The third kappa shape index (κ3) is 4.07. The number of benzene rings is 1. The summed E-state index contributed by atoms with van der Waals surface area (Å²) in [7, 11) is 0. The van der Waals surface area contributed by atoms with Gasteiger partial charge in [0, 0.05) is 31.7 Å². The minimum Gasteiger partial charge on any atom is -0.352 e. The molecule has 0 radical (unpaired) electrons. The summed E-state index contributed by atoms with van der Waals surface area (Å²) in [6, 6.07) is 7.48. The molecule has 120 valence electrons. The Hall–Kier alpha value is -1.88. The van der Waals surface area contributed by atoms with Crippen molar-refractivity contribution in [2.24, 2.45) is 5.92 Å². The van der Waals surface area contributed by atoms with E-state index in [0.29, 0.717) is 25.2 Å². The lowest BCUT2D eigenvalue weighted by atomic mass is 10.1. The Morgan fingerprint density at radius 3 is 2.45 bits per heavy atom. The second-order valence-corrected chi connectivity index (χ2v) is 5.58.